The predicted molar refractivity (Wildman–Crippen MR) is 104 cm³/mol. The van der Waals surface area contributed by atoms with Gasteiger partial charge in [0.15, 0.2) is 7.85 Å². The maximum Gasteiger partial charge on any atom is 0.160 e. The van der Waals surface area contributed by atoms with Gasteiger partial charge in [-0.2, -0.15) is 0 Å². The molecule has 2 unspecified atom stereocenters. The Morgan fingerprint density at radius 3 is 2.38 bits per heavy atom. The van der Waals surface area contributed by atoms with Gasteiger partial charge in [-0.25, -0.2) is 0 Å². The topological polar surface area (TPSA) is 80.9 Å². The summed E-state index contributed by atoms with van der Waals surface area (Å²) in [5, 5.41) is 40.7. The zero-order chi connectivity index (χ0) is 19.5. The third-order valence-corrected chi connectivity index (χ3v) is 5.27. The second-order valence-corrected chi connectivity index (χ2v) is 7.44. The molecule has 0 fully saturated rings. The number of aliphatic hydroxyl groups is 2. The van der Waals surface area contributed by atoms with E-state index in [-0.39, 0.29) is 23.0 Å². The fourth-order valence-electron chi connectivity index (χ4n) is 3.76. The van der Waals surface area contributed by atoms with Crippen molar-refractivity contribution in [1.82, 2.24) is 0 Å². The van der Waals surface area contributed by atoms with E-state index in [0.29, 0.717) is 12.0 Å². The number of allylic oxidation sites excluding steroid dienone is 2. The van der Waals surface area contributed by atoms with Gasteiger partial charge in [-0.3, -0.25) is 0 Å². The van der Waals surface area contributed by atoms with Gasteiger partial charge in [0.2, 0.25) is 0 Å². The number of aromatic hydroxyl groups is 2. The van der Waals surface area contributed by atoms with Gasteiger partial charge in [0.1, 0.15) is 17.2 Å². The monoisotopic (exact) mass is 356 g/mol. The Morgan fingerprint density at radius 2 is 1.85 bits per heavy atom. The molecule has 0 spiro atoms. The van der Waals surface area contributed by atoms with Crippen LogP contribution in [0.3, 0.4) is 0 Å². The number of phenolic OH excluding ortho intramolecular Hbond substituents is 2. The highest BCUT2D eigenvalue weighted by atomic mass is 16.5. The van der Waals surface area contributed by atoms with E-state index in [1.165, 1.54) is 0 Å². The van der Waals surface area contributed by atoms with Crippen LogP contribution in [0.2, 0.25) is 0 Å². The summed E-state index contributed by atoms with van der Waals surface area (Å²) in [5.74, 6) is -0.767. The average Bonchev–Trinajstić information content (AvgIpc) is 2.53. The molecule has 1 aliphatic rings. The summed E-state index contributed by atoms with van der Waals surface area (Å²) in [6, 6.07) is 3.38. The van der Waals surface area contributed by atoms with Crippen molar-refractivity contribution >= 4 is 7.85 Å². The number of benzene rings is 1. The Kier molecular flexibility index (Phi) is 6.59. The lowest BCUT2D eigenvalue weighted by Crippen LogP contribution is -2.36. The first-order valence-corrected chi connectivity index (χ1v) is 9.30. The van der Waals surface area contributed by atoms with Crippen LogP contribution >= 0.6 is 0 Å². The molecule has 1 aromatic carbocycles. The van der Waals surface area contributed by atoms with Crippen LogP contribution in [0.5, 0.6) is 11.5 Å². The number of aryl methyl sites for hydroxylation is 1. The molecule has 4 N–H and O–H groups in total. The molecule has 2 atom stereocenters. The number of unbranched alkanes of at least 4 members (excludes halogenated alkanes) is 2. The van der Waals surface area contributed by atoms with Gasteiger partial charge in [-0.15, -0.1) is 0 Å². The average molecular weight is 356 g/mol. The maximum absolute atomic E-state index is 10.6. The van der Waals surface area contributed by atoms with E-state index in [1.807, 2.05) is 13.0 Å². The summed E-state index contributed by atoms with van der Waals surface area (Å²) in [4.78, 5) is 0. The Bertz CT molecular complexity index is 665. The zero-order valence-corrected chi connectivity index (χ0v) is 15.7. The first-order valence-electron chi connectivity index (χ1n) is 9.30. The van der Waals surface area contributed by atoms with Gasteiger partial charge in [0.05, 0.1) is 0 Å². The normalized spacial score (nSPS) is 20.7. The highest BCUT2D eigenvalue weighted by molar-refractivity contribution is 6.15. The van der Waals surface area contributed by atoms with Gasteiger partial charge in [0.25, 0.3) is 0 Å². The lowest BCUT2D eigenvalue weighted by atomic mass is 9.68. The number of rotatable bonds is 7. The fourth-order valence-corrected chi connectivity index (χ4v) is 3.76. The molecule has 5 heteroatoms. The SMILES string of the molecule is [B]C(O)(O)C(=C)C1CCC(C)=CC1c1c(O)cc(CCCCC)cc1O. The maximum atomic E-state index is 10.6. The summed E-state index contributed by atoms with van der Waals surface area (Å²) in [6.45, 7) is 7.87. The lowest BCUT2D eigenvalue weighted by Gasteiger charge is -2.36. The third kappa shape index (κ3) is 4.71. The second kappa shape index (κ2) is 8.32. The zero-order valence-electron chi connectivity index (χ0n) is 15.7. The number of hydrogen-bond donors (Lipinski definition) is 4. The van der Waals surface area contributed by atoms with E-state index in [0.717, 1.165) is 43.2 Å². The Morgan fingerprint density at radius 1 is 1.23 bits per heavy atom. The summed E-state index contributed by atoms with van der Waals surface area (Å²) >= 11 is 0. The van der Waals surface area contributed by atoms with E-state index in [1.54, 1.807) is 12.1 Å². The van der Waals surface area contributed by atoms with E-state index < -0.39 is 11.6 Å². The molecule has 0 saturated carbocycles. The first-order chi connectivity index (χ1) is 12.1. The van der Waals surface area contributed by atoms with Crippen molar-refractivity contribution in [3.63, 3.8) is 0 Å². The molecular formula is C21H29BO4. The molecule has 4 nitrogen and oxygen atoms in total. The second-order valence-electron chi connectivity index (χ2n) is 7.44. The molecular weight excluding hydrogens is 327 g/mol. The van der Waals surface area contributed by atoms with Gasteiger partial charge in [0, 0.05) is 11.5 Å². The van der Waals surface area contributed by atoms with Crippen LogP contribution in [0, 0.1) is 5.92 Å². The van der Waals surface area contributed by atoms with Crippen LogP contribution < -0.4 is 0 Å². The van der Waals surface area contributed by atoms with E-state index in [9.17, 15) is 20.4 Å². The van der Waals surface area contributed by atoms with Crippen LogP contribution in [0.4, 0.5) is 0 Å². The van der Waals surface area contributed by atoms with Gasteiger partial charge in [-0.05, 0) is 61.8 Å². The Hall–Kier alpha value is -1.72. The first kappa shape index (κ1) is 20.6. The van der Waals surface area contributed by atoms with Crippen molar-refractivity contribution in [2.24, 2.45) is 5.92 Å². The minimum Gasteiger partial charge on any atom is -0.507 e. The quantitative estimate of drug-likeness (QED) is 0.260. The van der Waals surface area contributed by atoms with Crippen molar-refractivity contribution in [1.29, 1.82) is 0 Å². The van der Waals surface area contributed by atoms with Gasteiger partial charge in [-0.1, -0.05) is 38.0 Å². The minimum atomic E-state index is -2.49. The molecule has 0 aromatic heterocycles. The van der Waals surface area contributed by atoms with Crippen molar-refractivity contribution in [2.45, 2.75) is 64.0 Å². The van der Waals surface area contributed by atoms with E-state index in [4.69, 9.17) is 7.85 Å². The predicted octanol–water partition coefficient (Wildman–Crippen LogP) is 3.63. The highest BCUT2D eigenvalue weighted by Gasteiger charge is 2.36. The van der Waals surface area contributed by atoms with Crippen molar-refractivity contribution in [3.8, 4) is 11.5 Å². The van der Waals surface area contributed by atoms with Gasteiger partial charge >= 0.3 is 0 Å². The molecule has 0 aliphatic heterocycles. The molecule has 1 aliphatic carbocycles. The highest BCUT2D eigenvalue weighted by Crippen LogP contribution is 2.47. The number of phenols is 2. The van der Waals surface area contributed by atoms with Crippen molar-refractivity contribution in [3.05, 3.63) is 47.1 Å². The Labute approximate surface area is 157 Å². The van der Waals surface area contributed by atoms with Crippen LogP contribution in [-0.2, 0) is 6.42 Å². The van der Waals surface area contributed by atoms with Crippen molar-refractivity contribution < 1.29 is 20.4 Å². The molecule has 140 valence electrons. The largest absolute Gasteiger partial charge is 0.507 e. The molecule has 2 rings (SSSR count). The van der Waals surface area contributed by atoms with Crippen LogP contribution in [0.25, 0.3) is 0 Å². The van der Waals surface area contributed by atoms with E-state index in [2.05, 4.69) is 13.5 Å². The minimum absolute atomic E-state index is 0.0174. The lowest BCUT2D eigenvalue weighted by molar-refractivity contribution is -0.0600. The fraction of sp³-hybridized carbons (Fsp3) is 0.524. The standard InChI is InChI=1S/C21H29BO4/c1-4-5-6-7-15-11-18(23)20(19(24)12-15)17-10-13(2)8-9-16(17)14(3)21(22,25)26/h10-12,16-17,23-26H,3-9H2,1-2H3. The Balaban J connectivity index is 2.39. The smallest absolute Gasteiger partial charge is 0.160 e. The molecule has 0 amide bonds. The third-order valence-electron chi connectivity index (χ3n) is 5.27. The molecule has 0 heterocycles. The molecule has 26 heavy (non-hydrogen) atoms. The summed E-state index contributed by atoms with van der Waals surface area (Å²) in [6.07, 6.45) is 7.33. The molecule has 2 radical (unpaired) electrons. The summed E-state index contributed by atoms with van der Waals surface area (Å²) < 4.78 is 0. The summed E-state index contributed by atoms with van der Waals surface area (Å²) in [7, 11) is 5.42. The molecule has 1 aromatic rings. The van der Waals surface area contributed by atoms with Crippen molar-refractivity contribution in [2.75, 3.05) is 0 Å². The molecule has 0 bridgehead atoms. The van der Waals surface area contributed by atoms with E-state index >= 15 is 0 Å². The van der Waals surface area contributed by atoms with Crippen LogP contribution in [0.1, 0.15) is 63.0 Å². The van der Waals surface area contributed by atoms with Crippen LogP contribution in [0.15, 0.2) is 35.9 Å². The number of hydrogen-bond acceptors (Lipinski definition) is 4. The van der Waals surface area contributed by atoms with Crippen LogP contribution in [-0.4, -0.2) is 34.0 Å². The summed E-state index contributed by atoms with van der Waals surface area (Å²) in [5.41, 5.74) is -0.0198. The molecule has 0 saturated heterocycles. The van der Waals surface area contributed by atoms with Gasteiger partial charge < -0.3 is 20.4 Å².